The lowest BCUT2D eigenvalue weighted by Crippen LogP contribution is -2.39. The van der Waals surface area contributed by atoms with Gasteiger partial charge in [0.1, 0.15) is 5.82 Å². The molecule has 1 aliphatic heterocycles. The van der Waals surface area contributed by atoms with Gasteiger partial charge in [-0.25, -0.2) is 4.98 Å². The first-order valence-corrected chi connectivity index (χ1v) is 8.88. The summed E-state index contributed by atoms with van der Waals surface area (Å²) < 4.78 is 4.14. The number of rotatable bonds is 2. The molecule has 1 saturated heterocycles. The minimum atomic E-state index is 0.132. The number of piperidine rings is 1. The summed E-state index contributed by atoms with van der Waals surface area (Å²) in [6.45, 7) is 3.58. The molecule has 0 N–H and O–H groups in total. The molecule has 2 aromatic heterocycles. The lowest BCUT2D eigenvalue weighted by atomic mass is 9.96. The third-order valence-corrected chi connectivity index (χ3v) is 5.23. The molecule has 1 fully saturated rings. The number of aromatic nitrogens is 3. The second kappa shape index (κ2) is 6.06. The van der Waals surface area contributed by atoms with Gasteiger partial charge in [0.25, 0.3) is 5.91 Å². The molecule has 4 rings (SSSR count). The standard InChI is InChI=1S/C20H24N4O/c1-14-11-23(3)19(21-14)15-7-6-10-24(12-15)20(25)17-13-22(2)18-9-5-4-8-16(17)18/h4-5,8-9,11,13,15H,6-7,10,12H2,1-3H3/t15-/m1/s1. The predicted octanol–water partition coefficient (Wildman–Crippen LogP) is 3.24. The van der Waals surface area contributed by atoms with Gasteiger partial charge in [-0.2, -0.15) is 0 Å². The summed E-state index contributed by atoms with van der Waals surface area (Å²) in [4.78, 5) is 19.9. The van der Waals surface area contributed by atoms with E-state index in [1.807, 2.05) is 54.9 Å². The highest BCUT2D eigenvalue weighted by atomic mass is 16.2. The van der Waals surface area contributed by atoms with Gasteiger partial charge in [0.05, 0.1) is 11.3 Å². The quantitative estimate of drug-likeness (QED) is 0.721. The molecule has 130 valence electrons. The first-order chi connectivity index (χ1) is 12.0. The number of amides is 1. The van der Waals surface area contributed by atoms with Gasteiger partial charge < -0.3 is 14.0 Å². The van der Waals surface area contributed by atoms with Crippen LogP contribution in [0.2, 0.25) is 0 Å². The van der Waals surface area contributed by atoms with Gasteiger partial charge >= 0.3 is 0 Å². The number of para-hydroxylation sites is 1. The highest BCUT2D eigenvalue weighted by molar-refractivity contribution is 6.07. The van der Waals surface area contributed by atoms with Gasteiger partial charge in [-0.05, 0) is 25.8 Å². The van der Waals surface area contributed by atoms with Crippen molar-refractivity contribution >= 4 is 16.8 Å². The Morgan fingerprint density at radius 1 is 1.16 bits per heavy atom. The molecule has 0 aliphatic carbocycles. The van der Waals surface area contributed by atoms with Crippen molar-refractivity contribution in [2.24, 2.45) is 14.1 Å². The topological polar surface area (TPSA) is 43.1 Å². The fraction of sp³-hybridized carbons (Fsp3) is 0.400. The number of carbonyl (C=O) groups excluding carboxylic acids is 1. The van der Waals surface area contributed by atoms with Crippen LogP contribution in [0.4, 0.5) is 0 Å². The molecule has 0 radical (unpaired) electrons. The van der Waals surface area contributed by atoms with Gasteiger partial charge in [-0.3, -0.25) is 4.79 Å². The summed E-state index contributed by atoms with van der Waals surface area (Å²) in [5.74, 6) is 1.53. The van der Waals surface area contributed by atoms with Crippen LogP contribution in [0.1, 0.15) is 40.6 Å². The van der Waals surface area contributed by atoms with Crippen molar-refractivity contribution < 1.29 is 4.79 Å². The van der Waals surface area contributed by atoms with Gasteiger partial charge in [-0.15, -0.1) is 0 Å². The number of hydrogen-bond acceptors (Lipinski definition) is 2. The number of fused-ring (bicyclic) bond motifs is 1. The number of nitrogens with zero attached hydrogens (tertiary/aromatic N) is 4. The summed E-state index contributed by atoms with van der Waals surface area (Å²) in [7, 11) is 4.04. The highest BCUT2D eigenvalue weighted by Gasteiger charge is 2.29. The molecule has 5 heteroatoms. The minimum absolute atomic E-state index is 0.132. The van der Waals surface area contributed by atoms with E-state index < -0.39 is 0 Å². The van der Waals surface area contributed by atoms with E-state index in [2.05, 4.69) is 21.8 Å². The second-order valence-corrected chi connectivity index (χ2v) is 7.11. The monoisotopic (exact) mass is 336 g/mol. The van der Waals surface area contributed by atoms with Crippen LogP contribution in [-0.4, -0.2) is 38.0 Å². The van der Waals surface area contributed by atoms with E-state index >= 15 is 0 Å². The third-order valence-electron chi connectivity index (χ3n) is 5.23. The molecular weight excluding hydrogens is 312 g/mol. The van der Waals surface area contributed by atoms with Crippen LogP contribution in [-0.2, 0) is 14.1 Å². The average Bonchev–Trinajstić information content (AvgIpc) is 3.14. The molecule has 3 aromatic rings. The van der Waals surface area contributed by atoms with Crippen molar-refractivity contribution in [2.45, 2.75) is 25.7 Å². The summed E-state index contributed by atoms with van der Waals surface area (Å²) in [6, 6.07) is 8.10. The number of carbonyl (C=O) groups is 1. The molecule has 1 atom stereocenters. The van der Waals surface area contributed by atoms with Gasteiger partial charge in [0.2, 0.25) is 0 Å². The SMILES string of the molecule is Cc1cn(C)c([C@@H]2CCCN(C(=O)c3cn(C)c4ccccc34)C2)n1. The number of hydrogen-bond donors (Lipinski definition) is 0. The van der Waals surface area contributed by atoms with E-state index in [4.69, 9.17) is 0 Å². The Bertz CT molecular complexity index is 936. The summed E-state index contributed by atoms with van der Waals surface area (Å²) >= 11 is 0. The van der Waals surface area contributed by atoms with Crippen molar-refractivity contribution in [3.8, 4) is 0 Å². The zero-order chi connectivity index (χ0) is 17.6. The Kier molecular flexibility index (Phi) is 3.86. The number of aryl methyl sites for hydroxylation is 3. The maximum atomic E-state index is 13.2. The molecule has 1 aromatic carbocycles. The van der Waals surface area contributed by atoms with Crippen molar-refractivity contribution in [1.82, 2.24) is 19.0 Å². The summed E-state index contributed by atoms with van der Waals surface area (Å²) in [5, 5.41) is 1.03. The normalized spacial score (nSPS) is 18.0. The molecular formula is C20H24N4O. The van der Waals surface area contributed by atoms with E-state index in [9.17, 15) is 4.79 Å². The van der Waals surface area contributed by atoms with E-state index in [1.54, 1.807) is 0 Å². The van der Waals surface area contributed by atoms with Crippen LogP contribution in [0.5, 0.6) is 0 Å². The molecule has 1 aliphatic rings. The van der Waals surface area contributed by atoms with Crippen molar-refractivity contribution in [3.05, 3.63) is 53.7 Å². The second-order valence-electron chi connectivity index (χ2n) is 7.11. The van der Waals surface area contributed by atoms with Crippen molar-refractivity contribution in [3.63, 3.8) is 0 Å². The molecule has 25 heavy (non-hydrogen) atoms. The van der Waals surface area contributed by atoms with E-state index in [-0.39, 0.29) is 5.91 Å². The molecule has 0 bridgehead atoms. The molecule has 0 spiro atoms. The third kappa shape index (κ3) is 2.73. The molecule has 3 heterocycles. The van der Waals surface area contributed by atoms with Crippen LogP contribution in [0.3, 0.4) is 0 Å². The molecule has 1 amide bonds. The average molecular weight is 336 g/mol. The molecule has 0 saturated carbocycles. The number of likely N-dealkylation sites (tertiary alicyclic amines) is 1. The Morgan fingerprint density at radius 2 is 1.96 bits per heavy atom. The fourth-order valence-corrected chi connectivity index (χ4v) is 4.07. The van der Waals surface area contributed by atoms with Crippen molar-refractivity contribution in [1.29, 1.82) is 0 Å². The zero-order valence-electron chi connectivity index (χ0n) is 15.1. The Balaban J connectivity index is 1.62. The van der Waals surface area contributed by atoms with Gasteiger partial charge in [0, 0.05) is 56.4 Å². The van der Waals surface area contributed by atoms with Crippen molar-refractivity contribution in [2.75, 3.05) is 13.1 Å². The van der Waals surface area contributed by atoms with Crippen LogP contribution < -0.4 is 0 Å². The lowest BCUT2D eigenvalue weighted by Gasteiger charge is -2.32. The van der Waals surface area contributed by atoms with E-state index in [0.29, 0.717) is 5.92 Å². The summed E-state index contributed by atoms with van der Waals surface area (Å²) in [6.07, 6.45) is 6.12. The zero-order valence-corrected chi connectivity index (χ0v) is 15.1. The first-order valence-electron chi connectivity index (χ1n) is 8.88. The Morgan fingerprint density at radius 3 is 2.72 bits per heavy atom. The Hall–Kier alpha value is -2.56. The maximum absolute atomic E-state index is 13.2. The van der Waals surface area contributed by atoms with E-state index in [0.717, 1.165) is 53.9 Å². The van der Waals surface area contributed by atoms with Gasteiger partial charge in [0.15, 0.2) is 0 Å². The maximum Gasteiger partial charge on any atom is 0.256 e. The van der Waals surface area contributed by atoms with Crippen LogP contribution in [0.15, 0.2) is 36.7 Å². The van der Waals surface area contributed by atoms with E-state index in [1.165, 1.54) is 0 Å². The molecule has 0 unspecified atom stereocenters. The minimum Gasteiger partial charge on any atom is -0.350 e. The van der Waals surface area contributed by atoms with Gasteiger partial charge in [-0.1, -0.05) is 18.2 Å². The van der Waals surface area contributed by atoms with Crippen LogP contribution >= 0.6 is 0 Å². The first kappa shape index (κ1) is 15.9. The molecule has 5 nitrogen and oxygen atoms in total. The lowest BCUT2D eigenvalue weighted by molar-refractivity contribution is 0.0705. The fourth-order valence-electron chi connectivity index (χ4n) is 4.07. The largest absolute Gasteiger partial charge is 0.350 e. The smallest absolute Gasteiger partial charge is 0.256 e. The van der Waals surface area contributed by atoms with Crippen LogP contribution in [0.25, 0.3) is 10.9 Å². The number of benzene rings is 1. The predicted molar refractivity (Wildman–Crippen MR) is 98.7 cm³/mol. The summed E-state index contributed by atoms with van der Waals surface area (Å²) in [5.41, 5.74) is 2.93. The van der Waals surface area contributed by atoms with Crippen LogP contribution in [0, 0.1) is 6.92 Å². The number of imidazole rings is 1. The highest BCUT2D eigenvalue weighted by Crippen LogP contribution is 2.29. The Labute approximate surface area is 147 Å².